The molecule has 1 radical (unpaired) electrons. The van der Waals surface area contributed by atoms with Crippen LogP contribution in [0.25, 0.3) is 26.2 Å². The molecule has 0 aliphatic rings. The third kappa shape index (κ3) is 3.72. The maximum Gasteiger partial charge on any atom is 0.104 e. The first-order valence-corrected chi connectivity index (χ1v) is 15.8. The fourth-order valence-corrected chi connectivity index (χ4v) is 7.23. The zero-order valence-electron chi connectivity index (χ0n) is 16.4. The third-order valence-corrected chi connectivity index (χ3v) is 10.8. The Balaban J connectivity index is 1.65. The lowest BCUT2D eigenvalue weighted by atomic mass is 10.1. The van der Waals surface area contributed by atoms with Gasteiger partial charge in [-0.3, -0.25) is 0 Å². The van der Waals surface area contributed by atoms with E-state index in [0.29, 0.717) is 0 Å². The van der Waals surface area contributed by atoms with Gasteiger partial charge in [-0.2, -0.15) is 0 Å². The van der Waals surface area contributed by atoms with Crippen LogP contribution in [0, 0.1) is 0 Å². The van der Waals surface area contributed by atoms with Gasteiger partial charge >= 0.3 is 0 Å². The predicted molar refractivity (Wildman–Crippen MR) is 129 cm³/mol. The van der Waals surface area contributed by atoms with Crippen molar-refractivity contribution in [3.63, 3.8) is 0 Å². The number of rotatable bonds is 4. The lowest BCUT2D eigenvalue weighted by molar-refractivity contribution is 1.72. The molecule has 1 heterocycles. The average molecular weight is 402 g/mol. The Morgan fingerprint density at radius 3 is 2.26 bits per heavy atom. The van der Waals surface area contributed by atoms with Gasteiger partial charge in [-0.05, 0) is 23.8 Å². The second-order valence-corrected chi connectivity index (χ2v) is 16.0. The quantitative estimate of drug-likeness (QED) is 0.358. The van der Waals surface area contributed by atoms with E-state index in [4.69, 9.17) is 0 Å². The lowest BCUT2D eigenvalue weighted by Crippen LogP contribution is -2.40. The van der Waals surface area contributed by atoms with E-state index < -0.39 is 8.07 Å². The number of thiophene rings is 1. The first-order chi connectivity index (χ1) is 12.9. The lowest BCUT2D eigenvalue weighted by Gasteiger charge is -2.19. The molecular formula is C24H25SSi2. The van der Waals surface area contributed by atoms with Crippen LogP contribution in [0.4, 0.5) is 0 Å². The molecule has 0 saturated heterocycles. The third-order valence-electron chi connectivity index (χ3n) is 5.30. The van der Waals surface area contributed by atoms with Crippen molar-refractivity contribution in [1.29, 1.82) is 0 Å². The molecule has 0 atom stereocenters. The van der Waals surface area contributed by atoms with Crippen LogP contribution in [0.3, 0.4) is 0 Å². The van der Waals surface area contributed by atoms with E-state index in [0.717, 1.165) is 0 Å². The molecule has 4 aromatic rings. The minimum absolute atomic E-state index is 0.363. The highest BCUT2D eigenvalue weighted by atomic mass is 32.1. The van der Waals surface area contributed by atoms with Gasteiger partial charge in [0.05, 0.1) is 8.80 Å². The molecule has 4 rings (SSSR count). The highest BCUT2D eigenvalue weighted by molar-refractivity contribution is 7.25. The van der Waals surface area contributed by atoms with Gasteiger partial charge in [0.25, 0.3) is 0 Å². The van der Waals surface area contributed by atoms with Crippen molar-refractivity contribution >= 4 is 64.8 Å². The van der Waals surface area contributed by atoms with Gasteiger partial charge in [0.1, 0.15) is 8.07 Å². The van der Waals surface area contributed by atoms with Crippen LogP contribution in [0.2, 0.25) is 26.2 Å². The smallest absolute Gasteiger partial charge is 0.104 e. The predicted octanol–water partition coefficient (Wildman–Crippen LogP) is 6.18. The molecular weight excluding hydrogens is 377 g/mol. The fraction of sp³-hybridized carbons (Fsp3) is 0.167. The molecule has 27 heavy (non-hydrogen) atoms. The largest absolute Gasteiger partial charge is 0.135 e. The molecule has 0 bridgehead atoms. The van der Waals surface area contributed by atoms with Gasteiger partial charge < -0.3 is 0 Å². The standard InChI is InChI=1S/C24H25SSi2/c1-26(2)19-10-12-20(13-11-19)27(3,4)16-15-18-9-14-24-22(17-18)21-7-5-6-8-23(21)25-24/h5-17H,1-4H3/b16-15+. The molecule has 135 valence electrons. The average Bonchev–Trinajstić information content (AvgIpc) is 3.04. The van der Waals surface area contributed by atoms with Gasteiger partial charge in [0.15, 0.2) is 0 Å². The molecule has 0 N–H and O–H groups in total. The number of hydrogen-bond donors (Lipinski definition) is 0. The molecule has 0 amide bonds. The van der Waals surface area contributed by atoms with Crippen LogP contribution in [0.15, 0.2) is 72.4 Å². The van der Waals surface area contributed by atoms with E-state index in [1.807, 2.05) is 11.3 Å². The molecule has 0 unspecified atom stereocenters. The zero-order chi connectivity index (χ0) is 19.0. The molecule has 0 aliphatic heterocycles. The van der Waals surface area contributed by atoms with Crippen LogP contribution in [-0.4, -0.2) is 16.9 Å². The Morgan fingerprint density at radius 2 is 1.52 bits per heavy atom. The summed E-state index contributed by atoms with van der Waals surface area (Å²) in [4.78, 5) is 0. The van der Waals surface area contributed by atoms with Crippen molar-refractivity contribution in [2.45, 2.75) is 26.2 Å². The van der Waals surface area contributed by atoms with Crippen LogP contribution in [0.1, 0.15) is 5.56 Å². The summed E-state index contributed by atoms with van der Waals surface area (Å²) in [5.41, 5.74) is 3.78. The Bertz CT molecular complexity index is 1120. The van der Waals surface area contributed by atoms with E-state index in [1.54, 1.807) is 0 Å². The molecule has 0 aliphatic carbocycles. The first kappa shape index (κ1) is 18.4. The molecule has 3 aromatic carbocycles. The second kappa shape index (κ2) is 7.23. The summed E-state index contributed by atoms with van der Waals surface area (Å²) in [7, 11) is -1.95. The van der Waals surface area contributed by atoms with Gasteiger partial charge in [0, 0.05) is 20.2 Å². The second-order valence-electron chi connectivity index (χ2n) is 7.99. The van der Waals surface area contributed by atoms with E-state index >= 15 is 0 Å². The maximum atomic E-state index is 2.47. The minimum Gasteiger partial charge on any atom is -0.135 e. The highest BCUT2D eigenvalue weighted by Gasteiger charge is 2.20. The fourth-order valence-electron chi connectivity index (χ4n) is 3.48. The number of benzene rings is 3. The summed E-state index contributed by atoms with van der Waals surface area (Å²) in [5.74, 6) is 0. The summed E-state index contributed by atoms with van der Waals surface area (Å²) >= 11 is 1.88. The molecule has 0 spiro atoms. The van der Waals surface area contributed by atoms with Crippen LogP contribution >= 0.6 is 11.3 Å². The van der Waals surface area contributed by atoms with Crippen molar-refractivity contribution < 1.29 is 0 Å². The summed E-state index contributed by atoms with van der Waals surface area (Å²) in [6.45, 7) is 9.57. The van der Waals surface area contributed by atoms with E-state index in [9.17, 15) is 0 Å². The molecule has 0 saturated carbocycles. The first-order valence-electron chi connectivity index (χ1n) is 9.46. The van der Waals surface area contributed by atoms with E-state index in [2.05, 4.69) is 105 Å². The van der Waals surface area contributed by atoms with Gasteiger partial charge in [-0.1, -0.05) is 96.9 Å². The molecule has 0 nitrogen and oxygen atoms in total. The Morgan fingerprint density at radius 1 is 0.815 bits per heavy atom. The molecule has 0 fully saturated rings. The Hall–Kier alpha value is -1.95. The normalized spacial score (nSPS) is 12.6. The number of hydrogen-bond acceptors (Lipinski definition) is 1. The monoisotopic (exact) mass is 401 g/mol. The topological polar surface area (TPSA) is 0 Å². The summed E-state index contributed by atoms with van der Waals surface area (Å²) in [6.07, 6.45) is 2.33. The van der Waals surface area contributed by atoms with Crippen LogP contribution in [0.5, 0.6) is 0 Å². The van der Waals surface area contributed by atoms with E-state index in [-0.39, 0.29) is 8.80 Å². The number of fused-ring (bicyclic) bond motifs is 3. The van der Waals surface area contributed by atoms with Crippen molar-refractivity contribution in [3.8, 4) is 0 Å². The summed E-state index contributed by atoms with van der Waals surface area (Å²) in [6, 6.07) is 25.0. The molecule has 1 aromatic heterocycles. The highest BCUT2D eigenvalue weighted by Crippen LogP contribution is 2.34. The Labute approximate surface area is 168 Å². The van der Waals surface area contributed by atoms with Gasteiger partial charge in [-0.25, -0.2) is 0 Å². The summed E-state index contributed by atoms with van der Waals surface area (Å²) < 4.78 is 2.74. The molecule has 3 heteroatoms. The van der Waals surface area contributed by atoms with Crippen molar-refractivity contribution in [3.05, 3.63) is 78.0 Å². The van der Waals surface area contributed by atoms with Gasteiger partial charge in [0.2, 0.25) is 0 Å². The Kier molecular flexibility index (Phi) is 4.93. The minimum atomic E-state index is -1.59. The van der Waals surface area contributed by atoms with Crippen molar-refractivity contribution in [1.82, 2.24) is 0 Å². The van der Waals surface area contributed by atoms with Crippen LogP contribution < -0.4 is 10.4 Å². The zero-order valence-corrected chi connectivity index (χ0v) is 19.2. The van der Waals surface area contributed by atoms with Crippen molar-refractivity contribution in [2.24, 2.45) is 0 Å². The van der Waals surface area contributed by atoms with Crippen LogP contribution in [-0.2, 0) is 0 Å². The van der Waals surface area contributed by atoms with Crippen molar-refractivity contribution in [2.75, 3.05) is 0 Å². The van der Waals surface area contributed by atoms with E-state index in [1.165, 1.54) is 36.1 Å². The SMILES string of the molecule is C[Si](C)c1ccc([Si](C)(C)/C=C/c2ccc3sc4ccccc4c3c2)cc1. The maximum absolute atomic E-state index is 2.47. The van der Waals surface area contributed by atoms with Gasteiger partial charge in [-0.15, -0.1) is 11.3 Å². The summed E-state index contributed by atoms with van der Waals surface area (Å²) in [5, 5.41) is 5.78.